The number of carbonyl (C=O) groups excluding carboxylic acids is 2. The maximum atomic E-state index is 13.4. The van der Waals surface area contributed by atoms with E-state index >= 15 is 0 Å². The molecule has 0 aromatic heterocycles. The summed E-state index contributed by atoms with van der Waals surface area (Å²) < 4.78 is 10.9. The molecule has 2 amide bonds. The van der Waals surface area contributed by atoms with Crippen molar-refractivity contribution in [2.24, 2.45) is 11.8 Å². The molecule has 1 fully saturated rings. The van der Waals surface area contributed by atoms with Gasteiger partial charge in [0.05, 0.1) is 12.5 Å². The fraction of sp³-hybridized carbons (Fsp3) is 0.444. The summed E-state index contributed by atoms with van der Waals surface area (Å²) in [6.07, 6.45) is -0.142. The van der Waals surface area contributed by atoms with Crippen molar-refractivity contribution in [2.45, 2.75) is 31.7 Å². The lowest BCUT2D eigenvalue weighted by atomic mass is 9.86. The van der Waals surface area contributed by atoms with E-state index in [1.54, 1.807) is 6.92 Å². The van der Waals surface area contributed by atoms with Gasteiger partial charge < -0.3 is 24.8 Å². The van der Waals surface area contributed by atoms with Crippen molar-refractivity contribution in [3.63, 3.8) is 0 Å². The van der Waals surface area contributed by atoms with Crippen LogP contribution >= 0.6 is 0 Å². The Balaban J connectivity index is 1.45. The average Bonchev–Trinajstić information content (AvgIpc) is 3.16. The van der Waals surface area contributed by atoms with Crippen molar-refractivity contribution < 1.29 is 29.0 Å². The number of hydrogen-bond donors (Lipinski definition) is 2. The molecule has 2 aromatic carbocycles. The van der Waals surface area contributed by atoms with Gasteiger partial charge in [0.1, 0.15) is 12.1 Å². The molecule has 8 nitrogen and oxygen atoms in total. The van der Waals surface area contributed by atoms with Crippen molar-refractivity contribution >= 4 is 18.0 Å². The number of fused-ring (bicyclic) bond motifs is 3. The van der Waals surface area contributed by atoms with E-state index in [0.29, 0.717) is 13.0 Å². The van der Waals surface area contributed by atoms with Gasteiger partial charge in [0.15, 0.2) is 0 Å². The van der Waals surface area contributed by atoms with Crippen molar-refractivity contribution in [3.05, 3.63) is 59.7 Å². The van der Waals surface area contributed by atoms with Gasteiger partial charge in [-0.3, -0.25) is 9.59 Å². The number of nitrogens with one attached hydrogen (secondary N) is 1. The lowest BCUT2D eigenvalue weighted by Gasteiger charge is -2.40. The second kappa shape index (κ2) is 10.1. The number of benzene rings is 2. The Morgan fingerprint density at radius 3 is 2.26 bits per heavy atom. The predicted octanol–water partition coefficient (Wildman–Crippen LogP) is 3.50. The van der Waals surface area contributed by atoms with Crippen LogP contribution in [0.4, 0.5) is 4.79 Å². The minimum absolute atomic E-state index is 0.0275. The van der Waals surface area contributed by atoms with Crippen LogP contribution in [0.2, 0.25) is 0 Å². The van der Waals surface area contributed by atoms with Crippen LogP contribution in [0.15, 0.2) is 48.5 Å². The van der Waals surface area contributed by atoms with Crippen LogP contribution < -0.4 is 5.32 Å². The third kappa shape index (κ3) is 4.89. The summed E-state index contributed by atoms with van der Waals surface area (Å²) in [6.45, 7) is 4.04. The van der Waals surface area contributed by atoms with Gasteiger partial charge in [-0.1, -0.05) is 55.5 Å². The second-order valence-corrected chi connectivity index (χ2v) is 9.68. The Bertz CT molecular complexity index is 1070. The maximum Gasteiger partial charge on any atom is 0.408 e. The van der Waals surface area contributed by atoms with Crippen molar-refractivity contribution in [2.75, 3.05) is 33.4 Å². The topological polar surface area (TPSA) is 105 Å². The number of likely N-dealkylation sites (tertiary alicyclic amines) is 1. The smallest absolute Gasteiger partial charge is 0.408 e. The Morgan fingerprint density at radius 1 is 1.09 bits per heavy atom. The first-order chi connectivity index (χ1) is 16.7. The highest BCUT2D eigenvalue weighted by atomic mass is 16.5. The van der Waals surface area contributed by atoms with Gasteiger partial charge in [-0.15, -0.1) is 0 Å². The number of rotatable bonds is 7. The molecule has 1 saturated heterocycles. The van der Waals surface area contributed by atoms with Crippen molar-refractivity contribution in [3.8, 4) is 11.1 Å². The molecule has 1 heterocycles. The molecule has 2 N–H and O–H groups in total. The minimum Gasteiger partial charge on any atom is -0.481 e. The molecular weight excluding hydrogens is 448 g/mol. The number of ether oxygens (including phenoxy) is 2. The number of carbonyl (C=O) groups is 3. The maximum absolute atomic E-state index is 13.4. The summed E-state index contributed by atoms with van der Waals surface area (Å²) in [6, 6.07) is 16.1. The number of amides is 2. The van der Waals surface area contributed by atoms with Crippen LogP contribution in [0.5, 0.6) is 0 Å². The Hall–Kier alpha value is -3.39. The van der Waals surface area contributed by atoms with E-state index in [1.165, 1.54) is 12.0 Å². The third-order valence-corrected chi connectivity index (χ3v) is 7.19. The summed E-state index contributed by atoms with van der Waals surface area (Å²) in [5, 5.41) is 12.2. The Morgan fingerprint density at radius 2 is 1.69 bits per heavy atom. The molecule has 35 heavy (non-hydrogen) atoms. The fourth-order valence-corrected chi connectivity index (χ4v) is 5.22. The lowest BCUT2D eigenvalue weighted by Crippen LogP contribution is -2.62. The molecule has 0 spiro atoms. The van der Waals surface area contributed by atoms with Gasteiger partial charge in [0, 0.05) is 26.1 Å². The number of carboxylic acids is 1. The summed E-state index contributed by atoms with van der Waals surface area (Å²) in [5.41, 5.74) is 3.06. The normalized spacial score (nSPS) is 20.9. The monoisotopic (exact) mass is 480 g/mol. The zero-order valence-electron chi connectivity index (χ0n) is 20.3. The largest absolute Gasteiger partial charge is 0.481 e. The van der Waals surface area contributed by atoms with Crippen LogP contribution in [0.1, 0.15) is 37.3 Å². The van der Waals surface area contributed by atoms with Crippen LogP contribution in [0.3, 0.4) is 0 Å². The zero-order chi connectivity index (χ0) is 25.2. The fourth-order valence-electron chi connectivity index (χ4n) is 5.22. The molecule has 1 aliphatic carbocycles. The highest BCUT2D eigenvalue weighted by Crippen LogP contribution is 2.44. The molecule has 3 atom stereocenters. The molecular formula is C27H32N2O6. The summed E-state index contributed by atoms with van der Waals surface area (Å²) in [7, 11) is 1.45. The number of methoxy groups -OCH3 is 1. The van der Waals surface area contributed by atoms with E-state index in [0.717, 1.165) is 22.3 Å². The first kappa shape index (κ1) is 24.7. The third-order valence-electron chi connectivity index (χ3n) is 7.19. The van der Waals surface area contributed by atoms with Gasteiger partial charge in [0.2, 0.25) is 0 Å². The van der Waals surface area contributed by atoms with E-state index in [2.05, 4.69) is 17.4 Å². The Labute approximate surface area is 205 Å². The van der Waals surface area contributed by atoms with Gasteiger partial charge >= 0.3 is 12.1 Å². The molecule has 2 aliphatic rings. The predicted molar refractivity (Wildman–Crippen MR) is 130 cm³/mol. The SMILES string of the molecule is COCC(C)(NC(=O)OCC1c2ccccc2-c2ccccc21)C(=O)N1CCC(C)C(C(=O)O)C1. The van der Waals surface area contributed by atoms with Crippen LogP contribution in [0, 0.1) is 11.8 Å². The number of aliphatic carboxylic acids is 1. The number of nitrogens with zero attached hydrogens (tertiary/aromatic N) is 1. The molecule has 186 valence electrons. The number of hydrogen-bond acceptors (Lipinski definition) is 5. The van der Waals surface area contributed by atoms with Gasteiger partial charge in [-0.2, -0.15) is 0 Å². The van der Waals surface area contributed by atoms with Crippen molar-refractivity contribution in [1.29, 1.82) is 0 Å². The molecule has 0 bridgehead atoms. The molecule has 2 aromatic rings. The summed E-state index contributed by atoms with van der Waals surface area (Å²) in [4.78, 5) is 39.4. The average molecular weight is 481 g/mol. The van der Waals surface area contributed by atoms with E-state index < -0.39 is 23.5 Å². The van der Waals surface area contributed by atoms with E-state index in [-0.39, 0.29) is 37.5 Å². The molecule has 0 radical (unpaired) electrons. The number of carboxylic acid groups (broad SMARTS) is 1. The molecule has 4 rings (SSSR count). The first-order valence-electron chi connectivity index (χ1n) is 11.9. The minimum atomic E-state index is -1.39. The molecule has 8 heteroatoms. The van der Waals surface area contributed by atoms with E-state index in [9.17, 15) is 19.5 Å². The first-order valence-corrected chi connectivity index (χ1v) is 11.9. The molecule has 1 aliphatic heterocycles. The van der Waals surface area contributed by atoms with Crippen LogP contribution in [0.25, 0.3) is 11.1 Å². The van der Waals surface area contributed by atoms with Gasteiger partial charge in [0.25, 0.3) is 5.91 Å². The Kier molecular flexibility index (Phi) is 7.12. The van der Waals surface area contributed by atoms with Gasteiger partial charge in [-0.05, 0) is 41.5 Å². The second-order valence-electron chi connectivity index (χ2n) is 9.68. The van der Waals surface area contributed by atoms with Crippen LogP contribution in [-0.4, -0.2) is 66.9 Å². The van der Waals surface area contributed by atoms with Gasteiger partial charge in [-0.25, -0.2) is 4.79 Å². The quantitative estimate of drug-likeness (QED) is 0.629. The summed E-state index contributed by atoms with van der Waals surface area (Å²) >= 11 is 0. The summed E-state index contributed by atoms with van der Waals surface area (Å²) in [5.74, 6) is -2.08. The van der Waals surface area contributed by atoms with E-state index in [1.807, 2.05) is 43.3 Å². The molecule has 0 saturated carbocycles. The van der Waals surface area contributed by atoms with E-state index in [4.69, 9.17) is 9.47 Å². The lowest BCUT2D eigenvalue weighted by molar-refractivity contribution is -0.150. The van der Waals surface area contributed by atoms with Crippen LogP contribution in [-0.2, 0) is 19.1 Å². The number of alkyl carbamates (subject to hydrolysis) is 1. The number of piperidine rings is 1. The zero-order valence-corrected chi connectivity index (χ0v) is 20.3. The highest BCUT2D eigenvalue weighted by Gasteiger charge is 2.43. The highest BCUT2D eigenvalue weighted by molar-refractivity contribution is 5.90. The standard InChI is InChI=1S/C27H32N2O6/c1-17-12-13-29(14-22(17)24(30)31)25(32)27(2,16-34-3)28-26(33)35-15-23-20-10-6-4-8-18(20)19-9-5-7-11-21(19)23/h4-11,17,22-23H,12-16H2,1-3H3,(H,28,33)(H,30,31). The van der Waals surface area contributed by atoms with Crippen molar-refractivity contribution in [1.82, 2.24) is 10.2 Å². The molecule has 3 unspecified atom stereocenters.